The van der Waals surface area contributed by atoms with E-state index >= 15 is 0 Å². The molecule has 0 bridgehead atoms. The van der Waals surface area contributed by atoms with Crippen LogP contribution in [0.4, 0.5) is 0 Å². The lowest BCUT2D eigenvalue weighted by atomic mass is 10.1. The Labute approximate surface area is 179 Å². The molecule has 1 N–H and O–H groups in total. The van der Waals surface area contributed by atoms with Gasteiger partial charge in [-0.3, -0.25) is 4.99 Å². The van der Waals surface area contributed by atoms with Crippen molar-refractivity contribution in [3.63, 3.8) is 0 Å². The zero-order chi connectivity index (χ0) is 20.5. The molecule has 2 saturated heterocycles. The summed E-state index contributed by atoms with van der Waals surface area (Å²) in [6.07, 6.45) is 6.18. The van der Waals surface area contributed by atoms with Gasteiger partial charge >= 0.3 is 0 Å². The van der Waals surface area contributed by atoms with Gasteiger partial charge in [-0.2, -0.15) is 0 Å². The molecule has 0 amide bonds. The zero-order valence-corrected chi connectivity index (χ0v) is 18.4. The summed E-state index contributed by atoms with van der Waals surface area (Å²) in [5.41, 5.74) is 0. The van der Waals surface area contributed by atoms with E-state index in [0.717, 1.165) is 51.5 Å². The molecule has 2 aliphatic heterocycles. The maximum Gasteiger partial charge on any atom is 0.193 e. The van der Waals surface area contributed by atoms with Crippen LogP contribution in [-0.2, 0) is 9.47 Å². The molecule has 0 spiro atoms. The van der Waals surface area contributed by atoms with Gasteiger partial charge in [-0.15, -0.1) is 0 Å². The van der Waals surface area contributed by atoms with Gasteiger partial charge in [0.15, 0.2) is 5.96 Å². The van der Waals surface area contributed by atoms with Crippen LogP contribution < -0.4 is 10.1 Å². The van der Waals surface area contributed by atoms with Crippen LogP contribution in [-0.4, -0.2) is 69.1 Å². The minimum atomic E-state index is -0.0250. The lowest BCUT2D eigenvalue weighted by Gasteiger charge is -2.35. The second kappa shape index (κ2) is 11.6. The van der Waals surface area contributed by atoms with Gasteiger partial charge in [-0.05, 0) is 51.2 Å². The average molecular weight is 424 g/mol. The molecule has 1 aromatic carbocycles. The van der Waals surface area contributed by atoms with Crippen LogP contribution in [0.25, 0.3) is 0 Å². The average Bonchev–Trinajstić information content (AvgIpc) is 2.76. The quantitative estimate of drug-likeness (QED) is 0.535. The van der Waals surface area contributed by atoms with E-state index in [1.54, 1.807) is 0 Å². The van der Waals surface area contributed by atoms with Crippen molar-refractivity contribution >= 4 is 17.6 Å². The summed E-state index contributed by atoms with van der Waals surface area (Å²) in [4.78, 5) is 6.73. The van der Waals surface area contributed by atoms with Gasteiger partial charge in [0.2, 0.25) is 0 Å². The number of piperidine rings is 1. The van der Waals surface area contributed by atoms with Gasteiger partial charge < -0.3 is 24.4 Å². The van der Waals surface area contributed by atoms with Crippen LogP contribution >= 0.6 is 11.6 Å². The number of nitrogens with zero attached hydrogens (tertiary/aromatic N) is 2. The molecule has 0 aliphatic carbocycles. The number of halogens is 1. The Balaban J connectivity index is 1.36. The highest BCUT2D eigenvalue weighted by atomic mass is 35.5. The van der Waals surface area contributed by atoms with Crippen molar-refractivity contribution in [3.05, 3.63) is 29.3 Å². The number of nitrogens with one attached hydrogen (secondary N) is 1. The van der Waals surface area contributed by atoms with E-state index in [9.17, 15) is 0 Å². The maximum absolute atomic E-state index is 6.17. The highest BCUT2D eigenvalue weighted by Gasteiger charge is 2.24. The molecular formula is C22H34ClN3O3. The van der Waals surface area contributed by atoms with E-state index in [2.05, 4.69) is 15.2 Å². The fourth-order valence-electron chi connectivity index (χ4n) is 3.78. The topological polar surface area (TPSA) is 55.3 Å². The van der Waals surface area contributed by atoms with E-state index in [1.165, 1.54) is 12.8 Å². The first kappa shape index (κ1) is 22.2. The molecular weight excluding hydrogens is 390 g/mol. The van der Waals surface area contributed by atoms with Crippen molar-refractivity contribution in [1.29, 1.82) is 0 Å². The van der Waals surface area contributed by atoms with E-state index in [1.807, 2.05) is 38.2 Å². The monoisotopic (exact) mass is 423 g/mol. The zero-order valence-electron chi connectivity index (χ0n) is 17.6. The van der Waals surface area contributed by atoms with E-state index < -0.39 is 0 Å². The summed E-state index contributed by atoms with van der Waals surface area (Å²) in [5.74, 6) is 1.62. The van der Waals surface area contributed by atoms with Crippen molar-refractivity contribution in [3.8, 4) is 5.75 Å². The number of ether oxygens (including phenoxy) is 3. The predicted molar refractivity (Wildman–Crippen MR) is 117 cm³/mol. The van der Waals surface area contributed by atoms with Crippen LogP contribution in [0.3, 0.4) is 0 Å². The molecule has 7 heteroatoms. The molecule has 2 atom stereocenters. The molecule has 2 fully saturated rings. The Hall–Kier alpha value is -1.50. The van der Waals surface area contributed by atoms with Crippen LogP contribution in [0.15, 0.2) is 29.3 Å². The fourth-order valence-corrected chi connectivity index (χ4v) is 3.96. The molecule has 0 saturated carbocycles. The Morgan fingerprint density at radius 2 is 2.07 bits per heavy atom. The molecule has 2 unspecified atom stereocenters. The van der Waals surface area contributed by atoms with Crippen molar-refractivity contribution in [2.75, 3.05) is 39.9 Å². The third-order valence-electron chi connectivity index (χ3n) is 5.46. The predicted octanol–water partition coefficient (Wildman–Crippen LogP) is 3.73. The lowest BCUT2D eigenvalue weighted by Crippen LogP contribution is -2.49. The van der Waals surface area contributed by atoms with Crippen LogP contribution in [0.1, 0.15) is 39.0 Å². The van der Waals surface area contributed by atoms with Crippen molar-refractivity contribution < 1.29 is 14.2 Å². The third-order valence-corrected chi connectivity index (χ3v) is 5.77. The summed E-state index contributed by atoms with van der Waals surface area (Å²) >= 11 is 6.17. The van der Waals surface area contributed by atoms with Crippen LogP contribution in [0.2, 0.25) is 5.02 Å². The van der Waals surface area contributed by atoms with Gasteiger partial charge in [0.25, 0.3) is 0 Å². The molecule has 2 aliphatic rings. The summed E-state index contributed by atoms with van der Waals surface area (Å²) < 4.78 is 17.8. The molecule has 0 aromatic heterocycles. The smallest absolute Gasteiger partial charge is 0.193 e. The number of likely N-dealkylation sites (tertiary alicyclic amines) is 1. The highest BCUT2D eigenvalue weighted by Crippen LogP contribution is 2.24. The SMILES string of the molecule is CN=C(NCC(C)Oc1ccccc1Cl)N1CCC(OCC2CCCCO2)CC1. The fraction of sp³-hybridized carbons (Fsp3) is 0.682. The highest BCUT2D eigenvalue weighted by molar-refractivity contribution is 6.32. The summed E-state index contributed by atoms with van der Waals surface area (Å²) in [6, 6.07) is 7.54. The standard InChI is InChI=1S/C22H34ClN3O3/c1-17(29-21-9-4-3-8-20(21)23)15-25-22(24-2)26-12-10-18(11-13-26)28-16-19-7-5-6-14-27-19/h3-4,8-9,17-19H,5-7,10-16H2,1-2H3,(H,24,25). The van der Waals surface area contributed by atoms with Gasteiger partial charge in [0, 0.05) is 26.7 Å². The van der Waals surface area contributed by atoms with Crippen molar-refractivity contribution in [2.24, 2.45) is 4.99 Å². The van der Waals surface area contributed by atoms with E-state index in [4.69, 9.17) is 25.8 Å². The molecule has 162 valence electrons. The Kier molecular flexibility index (Phi) is 8.90. The number of benzene rings is 1. The van der Waals surface area contributed by atoms with Gasteiger partial charge in [0.1, 0.15) is 11.9 Å². The number of hydrogen-bond donors (Lipinski definition) is 1. The Morgan fingerprint density at radius 1 is 1.28 bits per heavy atom. The molecule has 2 heterocycles. The molecule has 6 nitrogen and oxygen atoms in total. The minimum Gasteiger partial charge on any atom is -0.487 e. The normalized spacial score (nSPS) is 22.4. The number of para-hydroxylation sites is 1. The van der Waals surface area contributed by atoms with Gasteiger partial charge in [-0.1, -0.05) is 23.7 Å². The second-order valence-electron chi connectivity index (χ2n) is 7.80. The first-order valence-corrected chi connectivity index (χ1v) is 11.1. The largest absolute Gasteiger partial charge is 0.487 e. The number of aliphatic imine (C=N–C) groups is 1. The number of guanidine groups is 1. The molecule has 29 heavy (non-hydrogen) atoms. The summed E-state index contributed by atoms with van der Waals surface area (Å²) in [7, 11) is 1.82. The van der Waals surface area contributed by atoms with Gasteiger partial charge in [-0.25, -0.2) is 0 Å². The molecule has 1 aromatic rings. The Bertz CT molecular complexity index is 644. The van der Waals surface area contributed by atoms with E-state index in [-0.39, 0.29) is 12.2 Å². The minimum absolute atomic E-state index is 0.0250. The van der Waals surface area contributed by atoms with Crippen molar-refractivity contribution in [2.45, 2.75) is 57.3 Å². The van der Waals surface area contributed by atoms with Crippen LogP contribution in [0.5, 0.6) is 5.75 Å². The third kappa shape index (κ3) is 7.05. The summed E-state index contributed by atoms with van der Waals surface area (Å²) in [6.45, 7) is 6.18. The summed E-state index contributed by atoms with van der Waals surface area (Å²) in [5, 5.41) is 4.05. The maximum atomic E-state index is 6.17. The van der Waals surface area contributed by atoms with Gasteiger partial charge in [0.05, 0.1) is 30.4 Å². The molecule has 3 rings (SSSR count). The second-order valence-corrected chi connectivity index (χ2v) is 8.20. The van der Waals surface area contributed by atoms with Crippen LogP contribution in [0, 0.1) is 0 Å². The first-order chi connectivity index (χ1) is 14.2. The number of hydrogen-bond acceptors (Lipinski definition) is 4. The first-order valence-electron chi connectivity index (χ1n) is 10.8. The van der Waals surface area contributed by atoms with Crippen molar-refractivity contribution in [1.82, 2.24) is 10.2 Å². The number of rotatable bonds is 7. The molecule has 0 radical (unpaired) electrons. The van der Waals surface area contributed by atoms with E-state index in [0.29, 0.717) is 23.4 Å². The lowest BCUT2D eigenvalue weighted by molar-refractivity contribution is -0.0721. The Morgan fingerprint density at radius 3 is 2.76 bits per heavy atom.